The Kier molecular flexibility index (Phi) is 8.24. The molecule has 0 radical (unpaired) electrons. The standard InChI is InChI=1S/C27H32Cl2N2O2/c1-26(2,3)16-23-27(17-30,19-10-12-20(28)13-11-19)24(18-7-6-8-21(29)15-18)25(31-23)22(33)9-4-5-14-32/h6-8,10-13,15,23-25,31-32H,4-5,9,14,16H2,1-3H3/t23-,24-,25-,27-/m0/s1. The van der Waals surface area contributed by atoms with Gasteiger partial charge in [-0.1, -0.05) is 68.2 Å². The molecule has 33 heavy (non-hydrogen) atoms. The highest BCUT2D eigenvalue weighted by Gasteiger charge is 2.59. The lowest BCUT2D eigenvalue weighted by Gasteiger charge is -2.37. The number of aliphatic hydroxyl groups excluding tert-OH is 1. The molecule has 2 N–H and O–H groups in total. The second-order valence-corrected chi connectivity index (χ2v) is 11.0. The Balaban J connectivity index is 2.20. The van der Waals surface area contributed by atoms with Crippen molar-refractivity contribution in [3.05, 3.63) is 69.7 Å². The molecule has 1 aliphatic heterocycles. The van der Waals surface area contributed by atoms with Crippen LogP contribution in [-0.2, 0) is 10.2 Å². The number of hydrogen-bond donors (Lipinski definition) is 2. The molecule has 0 spiro atoms. The number of nitrogens with zero attached hydrogens (tertiary/aromatic N) is 1. The lowest BCUT2D eigenvalue weighted by Crippen LogP contribution is -2.44. The maximum Gasteiger partial charge on any atom is 0.150 e. The molecule has 0 bridgehead atoms. The molecule has 4 nitrogen and oxygen atoms in total. The number of benzene rings is 2. The highest BCUT2D eigenvalue weighted by molar-refractivity contribution is 6.30. The highest BCUT2D eigenvalue weighted by Crippen LogP contribution is 2.51. The van der Waals surface area contributed by atoms with Crippen molar-refractivity contribution in [2.24, 2.45) is 5.41 Å². The van der Waals surface area contributed by atoms with Gasteiger partial charge in [0.2, 0.25) is 0 Å². The Morgan fingerprint density at radius 2 is 1.82 bits per heavy atom. The SMILES string of the molecule is CC(C)(C)C[C@@H]1N[C@@H](C(=O)CCCCO)[C@H](c2cccc(Cl)c2)[C@@]1(C#N)c1ccc(Cl)cc1. The number of nitriles is 1. The van der Waals surface area contributed by atoms with Gasteiger partial charge < -0.3 is 10.4 Å². The number of aliphatic hydroxyl groups is 1. The number of carbonyl (C=O) groups is 1. The summed E-state index contributed by atoms with van der Waals surface area (Å²) in [6, 6.07) is 16.8. The summed E-state index contributed by atoms with van der Waals surface area (Å²) < 4.78 is 0. The molecule has 3 rings (SSSR count). The molecule has 176 valence electrons. The van der Waals surface area contributed by atoms with Crippen LogP contribution in [-0.4, -0.2) is 29.6 Å². The molecular weight excluding hydrogens is 455 g/mol. The summed E-state index contributed by atoms with van der Waals surface area (Å²) >= 11 is 12.5. The zero-order valence-corrected chi connectivity index (χ0v) is 21.0. The largest absolute Gasteiger partial charge is 0.396 e. The number of ketones is 1. The summed E-state index contributed by atoms with van der Waals surface area (Å²) in [5.41, 5.74) is 0.648. The third kappa shape index (κ3) is 5.61. The number of Topliss-reactive ketones (excluding diaryl/α,β-unsaturated/α-hetero) is 1. The van der Waals surface area contributed by atoms with Crippen LogP contribution in [0.25, 0.3) is 0 Å². The van der Waals surface area contributed by atoms with E-state index in [0.717, 1.165) is 11.1 Å². The Morgan fingerprint density at radius 3 is 2.39 bits per heavy atom. The predicted molar refractivity (Wildman–Crippen MR) is 134 cm³/mol. The van der Waals surface area contributed by atoms with E-state index in [0.29, 0.717) is 35.7 Å². The van der Waals surface area contributed by atoms with Gasteiger partial charge in [-0.25, -0.2) is 0 Å². The van der Waals surface area contributed by atoms with Gasteiger partial charge in [0.25, 0.3) is 0 Å². The van der Waals surface area contributed by atoms with Crippen LogP contribution in [0.3, 0.4) is 0 Å². The number of carbonyl (C=O) groups excluding carboxylic acids is 1. The Hall–Kier alpha value is -1.90. The number of nitrogens with one attached hydrogen (secondary N) is 1. The predicted octanol–water partition coefficient (Wildman–Crippen LogP) is 6.05. The van der Waals surface area contributed by atoms with Crippen LogP contribution in [0.4, 0.5) is 0 Å². The van der Waals surface area contributed by atoms with Crippen molar-refractivity contribution in [1.29, 1.82) is 5.26 Å². The topological polar surface area (TPSA) is 73.1 Å². The van der Waals surface area contributed by atoms with Gasteiger partial charge in [0.1, 0.15) is 11.2 Å². The lowest BCUT2D eigenvalue weighted by atomic mass is 9.62. The van der Waals surface area contributed by atoms with Crippen molar-refractivity contribution in [3.63, 3.8) is 0 Å². The summed E-state index contributed by atoms with van der Waals surface area (Å²) in [5, 5.41) is 24.7. The third-order valence-corrected chi connectivity index (χ3v) is 6.95. The van der Waals surface area contributed by atoms with E-state index in [1.165, 1.54) is 0 Å². The van der Waals surface area contributed by atoms with Crippen LogP contribution in [0.2, 0.25) is 10.0 Å². The average molecular weight is 487 g/mol. The van der Waals surface area contributed by atoms with Crippen molar-refractivity contribution in [3.8, 4) is 6.07 Å². The van der Waals surface area contributed by atoms with Gasteiger partial charge in [0, 0.05) is 35.0 Å². The molecule has 2 aromatic carbocycles. The molecule has 0 amide bonds. The Morgan fingerprint density at radius 1 is 1.12 bits per heavy atom. The van der Waals surface area contributed by atoms with E-state index in [1.54, 1.807) is 18.2 Å². The molecule has 2 aromatic rings. The summed E-state index contributed by atoms with van der Waals surface area (Å²) in [6.45, 7) is 6.49. The van der Waals surface area contributed by atoms with Gasteiger partial charge >= 0.3 is 0 Å². The van der Waals surface area contributed by atoms with E-state index in [-0.39, 0.29) is 23.8 Å². The van der Waals surface area contributed by atoms with Crippen LogP contribution in [0, 0.1) is 16.7 Å². The quantitative estimate of drug-likeness (QED) is 0.445. The first-order valence-electron chi connectivity index (χ1n) is 11.4. The molecule has 0 aliphatic carbocycles. The third-order valence-electron chi connectivity index (χ3n) is 6.46. The van der Waals surface area contributed by atoms with Crippen LogP contribution < -0.4 is 5.32 Å². The molecule has 1 fully saturated rings. The zero-order chi connectivity index (χ0) is 24.2. The fourth-order valence-electron chi connectivity index (χ4n) is 5.08. The van der Waals surface area contributed by atoms with Gasteiger partial charge in [0.05, 0.1) is 12.1 Å². The minimum absolute atomic E-state index is 0.0541. The van der Waals surface area contributed by atoms with E-state index in [1.807, 2.05) is 30.3 Å². The maximum atomic E-state index is 13.5. The molecule has 1 heterocycles. The van der Waals surface area contributed by atoms with Crippen LogP contribution in [0.15, 0.2) is 48.5 Å². The van der Waals surface area contributed by atoms with E-state index in [2.05, 4.69) is 32.2 Å². The molecule has 4 atom stereocenters. The van der Waals surface area contributed by atoms with Gasteiger partial charge in [-0.15, -0.1) is 0 Å². The lowest BCUT2D eigenvalue weighted by molar-refractivity contribution is -0.121. The Bertz CT molecular complexity index is 1010. The van der Waals surface area contributed by atoms with Crippen molar-refractivity contribution in [1.82, 2.24) is 5.32 Å². The second-order valence-electron chi connectivity index (χ2n) is 10.1. The number of hydrogen-bond acceptors (Lipinski definition) is 4. The summed E-state index contributed by atoms with van der Waals surface area (Å²) in [6.07, 6.45) is 2.24. The highest BCUT2D eigenvalue weighted by atomic mass is 35.5. The molecule has 0 aromatic heterocycles. The monoisotopic (exact) mass is 486 g/mol. The first kappa shape index (κ1) is 25.7. The normalized spacial score (nSPS) is 25.1. The molecule has 6 heteroatoms. The smallest absolute Gasteiger partial charge is 0.150 e. The van der Waals surface area contributed by atoms with Crippen LogP contribution in [0.5, 0.6) is 0 Å². The van der Waals surface area contributed by atoms with E-state index in [4.69, 9.17) is 23.2 Å². The number of rotatable bonds is 8. The fraction of sp³-hybridized carbons (Fsp3) is 0.481. The van der Waals surface area contributed by atoms with E-state index in [9.17, 15) is 15.2 Å². The molecule has 0 saturated carbocycles. The molecule has 1 aliphatic rings. The molecular formula is C27H32Cl2N2O2. The number of unbranched alkanes of at least 4 members (excludes halogenated alkanes) is 1. The van der Waals surface area contributed by atoms with E-state index >= 15 is 0 Å². The van der Waals surface area contributed by atoms with Gasteiger partial charge in [-0.05, 0) is 60.1 Å². The molecule has 1 saturated heterocycles. The van der Waals surface area contributed by atoms with E-state index < -0.39 is 17.4 Å². The Labute approximate surface area is 206 Å². The van der Waals surface area contributed by atoms with Crippen molar-refractivity contribution in [2.75, 3.05) is 6.61 Å². The van der Waals surface area contributed by atoms with Crippen molar-refractivity contribution in [2.45, 2.75) is 69.9 Å². The maximum absolute atomic E-state index is 13.5. The molecule has 0 unspecified atom stereocenters. The van der Waals surface area contributed by atoms with Crippen LogP contribution >= 0.6 is 23.2 Å². The zero-order valence-electron chi connectivity index (χ0n) is 19.4. The van der Waals surface area contributed by atoms with Crippen molar-refractivity contribution >= 4 is 29.0 Å². The minimum atomic E-state index is -0.986. The summed E-state index contributed by atoms with van der Waals surface area (Å²) in [5.74, 6) is -0.366. The van der Waals surface area contributed by atoms with Crippen molar-refractivity contribution < 1.29 is 9.90 Å². The van der Waals surface area contributed by atoms with Gasteiger partial charge in [-0.3, -0.25) is 4.79 Å². The second kappa shape index (κ2) is 10.6. The minimum Gasteiger partial charge on any atom is -0.396 e. The first-order valence-corrected chi connectivity index (χ1v) is 12.2. The van der Waals surface area contributed by atoms with Gasteiger partial charge in [0.15, 0.2) is 0 Å². The summed E-state index contributed by atoms with van der Waals surface area (Å²) in [4.78, 5) is 13.5. The summed E-state index contributed by atoms with van der Waals surface area (Å²) in [7, 11) is 0. The number of halogens is 2. The van der Waals surface area contributed by atoms with Crippen LogP contribution in [0.1, 0.15) is 63.5 Å². The fourth-order valence-corrected chi connectivity index (χ4v) is 5.40. The first-order chi connectivity index (χ1) is 15.6. The average Bonchev–Trinajstić information content (AvgIpc) is 3.07. The van der Waals surface area contributed by atoms with Gasteiger partial charge in [-0.2, -0.15) is 5.26 Å².